The van der Waals surface area contributed by atoms with Crippen LogP contribution >= 0.6 is 11.6 Å². The van der Waals surface area contributed by atoms with Crippen LogP contribution in [0.25, 0.3) is 0 Å². The Hall–Kier alpha value is -0.810. The van der Waals surface area contributed by atoms with E-state index in [-0.39, 0.29) is 17.0 Å². The van der Waals surface area contributed by atoms with Gasteiger partial charge >= 0.3 is 6.18 Å². The molecule has 1 aromatic rings. The van der Waals surface area contributed by atoms with Crippen molar-refractivity contribution in [3.63, 3.8) is 0 Å². The molecule has 0 aliphatic heterocycles. The van der Waals surface area contributed by atoms with Gasteiger partial charge in [-0.1, -0.05) is 25.4 Å². The van der Waals surface area contributed by atoms with E-state index in [4.69, 9.17) is 17.3 Å². The van der Waals surface area contributed by atoms with Crippen molar-refractivity contribution in [2.75, 3.05) is 0 Å². The summed E-state index contributed by atoms with van der Waals surface area (Å²) in [5.41, 5.74) is 5.39. The Balaban J connectivity index is 3.06. The van der Waals surface area contributed by atoms with Gasteiger partial charge < -0.3 is 5.73 Å². The Morgan fingerprint density at radius 1 is 1.47 bits per heavy atom. The first kappa shape index (κ1) is 14.3. The normalized spacial score (nSPS) is 15.7. The van der Waals surface area contributed by atoms with E-state index in [1.807, 2.05) is 6.92 Å². The average molecular weight is 267 g/mol. The van der Waals surface area contributed by atoms with E-state index in [1.54, 1.807) is 6.92 Å². The summed E-state index contributed by atoms with van der Waals surface area (Å²) < 4.78 is 37.2. The van der Waals surface area contributed by atoms with Crippen molar-refractivity contribution >= 4 is 11.6 Å². The van der Waals surface area contributed by atoms with Crippen LogP contribution in [0.5, 0.6) is 0 Å². The van der Waals surface area contributed by atoms with Crippen LogP contribution in [0.2, 0.25) is 5.02 Å². The van der Waals surface area contributed by atoms with E-state index in [9.17, 15) is 13.2 Å². The third kappa shape index (κ3) is 3.33. The number of nitrogens with zero attached hydrogens (tertiary/aromatic N) is 1. The highest BCUT2D eigenvalue weighted by atomic mass is 35.5. The summed E-state index contributed by atoms with van der Waals surface area (Å²) in [5, 5.41) is 0.0104. The van der Waals surface area contributed by atoms with E-state index in [0.29, 0.717) is 12.1 Å². The molecule has 0 saturated carbocycles. The molecule has 0 aromatic carbocycles. The molecular weight excluding hydrogens is 253 g/mol. The first-order chi connectivity index (χ1) is 7.77. The van der Waals surface area contributed by atoms with Crippen LogP contribution in [0.1, 0.15) is 37.4 Å². The number of halogens is 4. The second kappa shape index (κ2) is 5.23. The maximum absolute atomic E-state index is 12.4. The SMILES string of the molecule is CCC(N)C(C)c1ncc(C(F)(F)F)cc1Cl. The van der Waals surface area contributed by atoms with Crippen molar-refractivity contribution in [2.45, 2.75) is 38.4 Å². The number of aromatic nitrogens is 1. The second-order valence-electron chi connectivity index (χ2n) is 3.95. The molecule has 0 aliphatic rings. The van der Waals surface area contributed by atoms with Gasteiger partial charge in [-0.05, 0) is 12.5 Å². The van der Waals surface area contributed by atoms with E-state index in [0.717, 1.165) is 12.3 Å². The monoisotopic (exact) mass is 266 g/mol. The predicted molar refractivity (Wildman–Crippen MR) is 60.9 cm³/mol. The second-order valence-corrected chi connectivity index (χ2v) is 4.36. The van der Waals surface area contributed by atoms with Crippen molar-refractivity contribution in [3.8, 4) is 0 Å². The van der Waals surface area contributed by atoms with Crippen molar-refractivity contribution in [3.05, 3.63) is 28.5 Å². The lowest BCUT2D eigenvalue weighted by Crippen LogP contribution is -2.26. The molecule has 6 heteroatoms. The van der Waals surface area contributed by atoms with Gasteiger partial charge in [0.25, 0.3) is 0 Å². The Kier molecular flexibility index (Phi) is 4.38. The predicted octanol–water partition coefficient (Wildman–Crippen LogP) is 3.59. The maximum atomic E-state index is 12.4. The molecule has 0 fully saturated rings. The highest BCUT2D eigenvalue weighted by Crippen LogP contribution is 2.33. The number of alkyl halides is 3. The van der Waals surface area contributed by atoms with Crippen LogP contribution in [0.3, 0.4) is 0 Å². The first-order valence-corrected chi connectivity index (χ1v) is 5.63. The van der Waals surface area contributed by atoms with Crippen molar-refractivity contribution < 1.29 is 13.2 Å². The summed E-state index contributed by atoms with van der Waals surface area (Å²) >= 11 is 5.81. The number of hydrogen-bond acceptors (Lipinski definition) is 2. The highest BCUT2D eigenvalue weighted by molar-refractivity contribution is 6.31. The lowest BCUT2D eigenvalue weighted by atomic mass is 9.96. The standard InChI is InChI=1S/C11H14ClF3N2/c1-3-9(16)6(2)10-8(12)4-7(5-17-10)11(13,14)15/h4-6,9H,3,16H2,1-2H3. The molecule has 1 rings (SSSR count). The molecule has 0 bridgehead atoms. The third-order valence-corrected chi connectivity index (χ3v) is 3.04. The van der Waals surface area contributed by atoms with Crippen LogP contribution in [0, 0.1) is 0 Å². The zero-order valence-corrected chi connectivity index (χ0v) is 10.3. The molecule has 2 N–H and O–H groups in total. The Bertz CT molecular complexity index is 393. The molecule has 17 heavy (non-hydrogen) atoms. The van der Waals surface area contributed by atoms with Gasteiger partial charge in [-0.15, -0.1) is 0 Å². The van der Waals surface area contributed by atoms with Crippen LogP contribution in [0.15, 0.2) is 12.3 Å². The summed E-state index contributed by atoms with van der Waals surface area (Å²) in [7, 11) is 0. The van der Waals surface area contributed by atoms with Gasteiger partial charge in [0.15, 0.2) is 0 Å². The third-order valence-electron chi connectivity index (χ3n) is 2.74. The molecule has 96 valence electrons. The summed E-state index contributed by atoms with van der Waals surface area (Å²) in [6.07, 6.45) is -2.93. The fraction of sp³-hybridized carbons (Fsp3) is 0.545. The summed E-state index contributed by atoms with van der Waals surface area (Å²) in [5.74, 6) is -0.171. The number of nitrogens with two attached hydrogens (primary N) is 1. The molecule has 0 saturated heterocycles. The lowest BCUT2D eigenvalue weighted by Gasteiger charge is -2.19. The molecule has 2 unspecified atom stereocenters. The van der Waals surface area contributed by atoms with Crippen LogP contribution in [-0.2, 0) is 6.18 Å². The molecule has 2 nitrogen and oxygen atoms in total. The van der Waals surface area contributed by atoms with Gasteiger partial charge in [0, 0.05) is 18.2 Å². The summed E-state index contributed by atoms with van der Waals surface area (Å²) in [6.45, 7) is 3.70. The van der Waals surface area contributed by atoms with Crippen molar-refractivity contribution in [1.82, 2.24) is 4.98 Å². The zero-order valence-electron chi connectivity index (χ0n) is 9.55. The highest BCUT2D eigenvalue weighted by Gasteiger charge is 2.32. The fourth-order valence-corrected chi connectivity index (χ4v) is 1.83. The molecule has 2 atom stereocenters. The lowest BCUT2D eigenvalue weighted by molar-refractivity contribution is -0.137. The van der Waals surface area contributed by atoms with Gasteiger partial charge in [0.05, 0.1) is 16.3 Å². The first-order valence-electron chi connectivity index (χ1n) is 5.25. The summed E-state index contributed by atoms with van der Waals surface area (Å²) in [6, 6.07) is 0.722. The van der Waals surface area contributed by atoms with E-state index in [2.05, 4.69) is 4.98 Å². The largest absolute Gasteiger partial charge is 0.417 e. The smallest absolute Gasteiger partial charge is 0.327 e. The Morgan fingerprint density at radius 3 is 2.47 bits per heavy atom. The van der Waals surface area contributed by atoms with Crippen LogP contribution < -0.4 is 5.73 Å². The maximum Gasteiger partial charge on any atom is 0.417 e. The van der Waals surface area contributed by atoms with Crippen molar-refractivity contribution in [2.24, 2.45) is 5.73 Å². The Morgan fingerprint density at radius 2 is 2.06 bits per heavy atom. The van der Waals surface area contributed by atoms with Gasteiger partial charge in [-0.25, -0.2) is 0 Å². The minimum atomic E-state index is -4.43. The van der Waals surface area contributed by atoms with Crippen LogP contribution in [0.4, 0.5) is 13.2 Å². The minimum Gasteiger partial charge on any atom is -0.327 e. The number of hydrogen-bond donors (Lipinski definition) is 1. The van der Waals surface area contributed by atoms with E-state index >= 15 is 0 Å². The van der Waals surface area contributed by atoms with Crippen molar-refractivity contribution in [1.29, 1.82) is 0 Å². The molecule has 1 heterocycles. The minimum absolute atomic E-state index is 0.0104. The summed E-state index contributed by atoms with van der Waals surface area (Å²) in [4.78, 5) is 3.78. The van der Waals surface area contributed by atoms with Gasteiger partial charge in [-0.3, -0.25) is 4.98 Å². The Labute approximate surface area is 103 Å². The molecule has 1 aromatic heterocycles. The average Bonchev–Trinajstić information content (AvgIpc) is 2.25. The zero-order chi connectivity index (χ0) is 13.2. The topological polar surface area (TPSA) is 38.9 Å². The van der Waals surface area contributed by atoms with Gasteiger partial charge in [0.1, 0.15) is 0 Å². The number of pyridine rings is 1. The molecule has 0 spiro atoms. The molecule has 0 radical (unpaired) electrons. The van der Waals surface area contributed by atoms with E-state index < -0.39 is 11.7 Å². The molecular formula is C11H14ClF3N2. The molecule has 0 amide bonds. The quantitative estimate of drug-likeness (QED) is 0.908. The fourth-order valence-electron chi connectivity index (χ4n) is 1.49. The van der Waals surface area contributed by atoms with Gasteiger partial charge in [0.2, 0.25) is 0 Å². The van der Waals surface area contributed by atoms with E-state index in [1.165, 1.54) is 0 Å². The van der Waals surface area contributed by atoms with Gasteiger partial charge in [-0.2, -0.15) is 13.2 Å². The number of rotatable bonds is 3. The molecule has 0 aliphatic carbocycles. The van der Waals surface area contributed by atoms with Crippen LogP contribution in [-0.4, -0.2) is 11.0 Å².